The molecular weight excluding hydrogens is 438 g/mol. The van der Waals surface area contributed by atoms with Crippen molar-refractivity contribution in [3.05, 3.63) is 88.1 Å². The average Bonchev–Trinajstić information content (AvgIpc) is 3.50. The van der Waals surface area contributed by atoms with E-state index in [4.69, 9.17) is 4.74 Å². The number of amides is 1. The number of nitrogens with zero attached hydrogens (tertiary/aromatic N) is 2. The van der Waals surface area contributed by atoms with Gasteiger partial charge in [0.05, 0.1) is 23.2 Å². The van der Waals surface area contributed by atoms with Crippen LogP contribution in [0.4, 0.5) is 5.69 Å². The average molecular weight is 462 g/mol. The minimum atomic E-state index is -0.599. The molecule has 1 atom stereocenters. The molecule has 1 aromatic heterocycles. The van der Waals surface area contributed by atoms with Crippen molar-refractivity contribution in [1.29, 1.82) is 0 Å². The number of esters is 1. The van der Waals surface area contributed by atoms with Crippen LogP contribution >= 0.6 is 11.3 Å². The summed E-state index contributed by atoms with van der Waals surface area (Å²) >= 11 is 1.27. The van der Waals surface area contributed by atoms with Gasteiger partial charge in [-0.15, -0.1) is 11.3 Å². The monoisotopic (exact) mass is 461 g/mol. The standard InChI is InChI=1S/C25H23N3O4S/c1-17(29)26-15-20-12-13-24(33-20)23(30)16-32-25(31)21-14-22(18-8-4-2-5-9-18)28(27-21)19-10-6-3-7-11-19/h2-13,22H,14-16H2,1H3,(H,26,29). The van der Waals surface area contributed by atoms with Gasteiger partial charge in [0.1, 0.15) is 5.71 Å². The van der Waals surface area contributed by atoms with E-state index in [2.05, 4.69) is 10.4 Å². The van der Waals surface area contributed by atoms with E-state index < -0.39 is 5.97 Å². The van der Waals surface area contributed by atoms with E-state index in [0.29, 0.717) is 17.8 Å². The minimum Gasteiger partial charge on any atom is -0.453 e. The molecule has 8 heteroatoms. The smallest absolute Gasteiger partial charge is 0.355 e. The molecule has 0 bridgehead atoms. The number of anilines is 1. The number of hydrogen-bond acceptors (Lipinski definition) is 7. The van der Waals surface area contributed by atoms with Crippen LogP contribution in [0, 0.1) is 0 Å². The summed E-state index contributed by atoms with van der Waals surface area (Å²) < 4.78 is 5.31. The maximum atomic E-state index is 12.7. The predicted molar refractivity (Wildman–Crippen MR) is 127 cm³/mol. The summed E-state index contributed by atoms with van der Waals surface area (Å²) in [6, 6.07) is 22.8. The molecule has 1 unspecified atom stereocenters. The van der Waals surface area contributed by atoms with Gasteiger partial charge < -0.3 is 10.1 Å². The predicted octanol–water partition coefficient (Wildman–Crippen LogP) is 4.12. The molecule has 1 aliphatic heterocycles. The van der Waals surface area contributed by atoms with Crippen molar-refractivity contribution in [2.75, 3.05) is 11.6 Å². The van der Waals surface area contributed by atoms with Crippen molar-refractivity contribution in [2.24, 2.45) is 5.10 Å². The molecule has 2 heterocycles. The Morgan fingerprint density at radius 1 is 1.03 bits per heavy atom. The number of hydrogen-bond donors (Lipinski definition) is 1. The zero-order chi connectivity index (χ0) is 23.2. The second-order valence-electron chi connectivity index (χ2n) is 7.53. The summed E-state index contributed by atoms with van der Waals surface area (Å²) in [4.78, 5) is 37.6. The topological polar surface area (TPSA) is 88.1 Å². The van der Waals surface area contributed by atoms with Gasteiger partial charge >= 0.3 is 5.97 Å². The van der Waals surface area contributed by atoms with Crippen LogP contribution in [0.5, 0.6) is 0 Å². The molecule has 2 aromatic carbocycles. The van der Waals surface area contributed by atoms with Crippen molar-refractivity contribution in [2.45, 2.75) is 25.9 Å². The molecule has 0 radical (unpaired) electrons. The quantitative estimate of drug-likeness (QED) is 0.403. The number of hydrazone groups is 1. The van der Waals surface area contributed by atoms with Gasteiger partial charge in [-0.25, -0.2) is 4.79 Å². The van der Waals surface area contributed by atoms with Gasteiger partial charge in [-0.1, -0.05) is 48.5 Å². The summed E-state index contributed by atoms with van der Waals surface area (Å²) in [5.41, 5.74) is 2.18. The number of ether oxygens (including phenoxy) is 1. The first-order chi connectivity index (χ1) is 16.0. The lowest BCUT2D eigenvalue weighted by Gasteiger charge is -2.23. The van der Waals surface area contributed by atoms with E-state index in [-0.39, 0.29) is 30.1 Å². The molecule has 168 valence electrons. The maximum Gasteiger partial charge on any atom is 0.355 e. The van der Waals surface area contributed by atoms with Gasteiger partial charge in [0.15, 0.2) is 6.61 Å². The summed E-state index contributed by atoms with van der Waals surface area (Å²) in [7, 11) is 0. The van der Waals surface area contributed by atoms with Gasteiger partial charge in [-0.05, 0) is 29.8 Å². The molecule has 4 rings (SSSR count). The second kappa shape index (κ2) is 10.2. The SMILES string of the molecule is CC(=O)NCc1ccc(C(=O)COC(=O)C2=NN(c3ccccc3)C(c3ccccc3)C2)s1. The molecule has 0 aliphatic carbocycles. The second-order valence-corrected chi connectivity index (χ2v) is 8.70. The molecule has 1 aliphatic rings. The fourth-order valence-corrected chi connectivity index (χ4v) is 4.38. The summed E-state index contributed by atoms with van der Waals surface area (Å²) in [5.74, 6) is -1.03. The van der Waals surface area contributed by atoms with Crippen LogP contribution in [-0.2, 0) is 20.9 Å². The number of rotatable bonds is 8. The number of carbonyl (C=O) groups is 3. The number of para-hydroxylation sites is 1. The largest absolute Gasteiger partial charge is 0.453 e. The van der Waals surface area contributed by atoms with Crippen LogP contribution in [0.1, 0.15) is 39.5 Å². The van der Waals surface area contributed by atoms with E-state index in [1.165, 1.54) is 18.3 Å². The highest BCUT2D eigenvalue weighted by atomic mass is 32.1. The van der Waals surface area contributed by atoms with Crippen LogP contribution in [0.15, 0.2) is 77.9 Å². The molecular formula is C25H23N3O4S. The normalized spacial score (nSPS) is 15.1. The zero-order valence-corrected chi connectivity index (χ0v) is 18.9. The third-order valence-electron chi connectivity index (χ3n) is 5.13. The fraction of sp³-hybridized carbons (Fsp3) is 0.200. The third-order valence-corrected chi connectivity index (χ3v) is 6.26. The Kier molecular flexibility index (Phi) is 6.95. The summed E-state index contributed by atoms with van der Waals surface area (Å²) in [6.45, 7) is 1.44. The van der Waals surface area contributed by atoms with Crippen LogP contribution in [0.3, 0.4) is 0 Å². The van der Waals surface area contributed by atoms with Gasteiger partial charge in [0.2, 0.25) is 11.7 Å². The van der Waals surface area contributed by atoms with E-state index in [1.54, 1.807) is 12.1 Å². The van der Waals surface area contributed by atoms with Gasteiger partial charge in [0.25, 0.3) is 0 Å². The van der Waals surface area contributed by atoms with E-state index in [0.717, 1.165) is 16.1 Å². The zero-order valence-electron chi connectivity index (χ0n) is 18.1. The molecule has 0 saturated heterocycles. The Balaban J connectivity index is 1.42. The number of Topliss-reactive ketones (excluding diaryl/α,β-unsaturated/α-hetero) is 1. The Morgan fingerprint density at radius 3 is 2.42 bits per heavy atom. The van der Waals surface area contributed by atoms with Crippen molar-refractivity contribution in [1.82, 2.24) is 5.32 Å². The van der Waals surface area contributed by atoms with Crippen molar-refractivity contribution in [3.8, 4) is 0 Å². The van der Waals surface area contributed by atoms with E-state index in [1.807, 2.05) is 65.7 Å². The maximum absolute atomic E-state index is 12.7. The molecule has 1 amide bonds. The van der Waals surface area contributed by atoms with Crippen molar-refractivity contribution >= 4 is 40.4 Å². The third kappa shape index (κ3) is 5.53. The first-order valence-corrected chi connectivity index (χ1v) is 11.3. The van der Waals surface area contributed by atoms with E-state index >= 15 is 0 Å². The highest BCUT2D eigenvalue weighted by Crippen LogP contribution is 2.35. The van der Waals surface area contributed by atoms with Crippen LogP contribution in [0.25, 0.3) is 0 Å². The molecule has 33 heavy (non-hydrogen) atoms. The number of carbonyl (C=O) groups excluding carboxylic acids is 3. The number of benzene rings is 2. The Labute approximate surface area is 195 Å². The van der Waals surface area contributed by atoms with Gasteiger partial charge in [-0.2, -0.15) is 5.10 Å². The Hall–Kier alpha value is -3.78. The van der Waals surface area contributed by atoms with Gasteiger partial charge in [-0.3, -0.25) is 14.6 Å². The highest BCUT2D eigenvalue weighted by molar-refractivity contribution is 7.14. The first kappa shape index (κ1) is 22.4. The minimum absolute atomic E-state index is 0.138. The van der Waals surface area contributed by atoms with Crippen LogP contribution in [-0.4, -0.2) is 30.0 Å². The molecule has 7 nitrogen and oxygen atoms in total. The van der Waals surface area contributed by atoms with Crippen molar-refractivity contribution < 1.29 is 19.1 Å². The summed E-state index contributed by atoms with van der Waals surface area (Å²) in [6.07, 6.45) is 0.381. The Morgan fingerprint density at radius 2 is 1.73 bits per heavy atom. The lowest BCUT2D eigenvalue weighted by molar-refractivity contribution is -0.134. The number of thiophene rings is 1. The molecule has 0 fully saturated rings. The molecule has 3 aromatic rings. The van der Waals surface area contributed by atoms with Crippen LogP contribution < -0.4 is 10.3 Å². The Bertz CT molecular complexity index is 1170. The first-order valence-electron chi connectivity index (χ1n) is 10.5. The lowest BCUT2D eigenvalue weighted by Crippen LogP contribution is -2.20. The summed E-state index contributed by atoms with van der Waals surface area (Å²) in [5, 5.41) is 9.05. The number of ketones is 1. The number of nitrogens with one attached hydrogen (secondary N) is 1. The fourth-order valence-electron chi connectivity index (χ4n) is 3.51. The lowest BCUT2D eigenvalue weighted by atomic mass is 10.0. The van der Waals surface area contributed by atoms with E-state index in [9.17, 15) is 14.4 Å². The van der Waals surface area contributed by atoms with Crippen molar-refractivity contribution in [3.63, 3.8) is 0 Å². The highest BCUT2D eigenvalue weighted by Gasteiger charge is 2.33. The van der Waals surface area contributed by atoms with Crippen LogP contribution in [0.2, 0.25) is 0 Å². The molecule has 0 spiro atoms. The van der Waals surface area contributed by atoms with Gasteiger partial charge in [0, 0.05) is 18.2 Å². The molecule has 0 saturated carbocycles. The molecule has 1 N–H and O–H groups in total.